The molecule has 0 aliphatic heterocycles. The summed E-state index contributed by atoms with van der Waals surface area (Å²) in [6.07, 6.45) is 0. The minimum Gasteiger partial charge on any atom is -0.269 e. The molecule has 0 N–H and O–H groups in total. The summed E-state index contributed by atoms with van der Waals surface area (Å²) < 4.78 is 2.04. The average molecular weight is 217 g/mol. The van der Waals surface area contributed by atoms with E-state index in [4.69, 9.17) is 0 Å². The van der Waals surface area contributed by atoms with Gasteiger partial charge in [-0.25, -0.2) is 0 Å². The molecule has 0 aliphatic rings. The van der Waals surface area contributed by atoms with Crippen molar-refractivity contribution in [3.8, 4) is 0 Å². The second kappa shape index (κ2) is 3.39. The molecule has 0 radical (unpaired) electrons. The predicted molar refractivity (Wildman–Crippen MR) is 50.2 cm³/mol. The van der Waals surface area contributed by atoms with E-state index in [-0.39, 0.29) is 0 Å². The summed E-state index contributed by atoms with van der Waals surface area (Å²) in [5.41, 5.74) is 3.73. The lowest BCUT2D eigenvalue weighted by molar-refractivity contribution is 0.642. The van der Waals surface area contributed by atoms with Crippen LogP contribution in [0.1, 0.15) is 17.0 Å². The molecule has 1 aromatic heterocycles. The number of aromatic nitrogens is 2. The first-order chi connectivity index (χ1) is 5.16. The van der Waals surface area contributed by atoms with Gasteiger partial charge in [0.15, 0.2) is 0 Å². The van der Waals surface area contributed by atoms with Gasteiger partial charge in [0.1, 0.15) is 0 Å². The Morgan fingerprint density at radius 3 is 2.36 bits per heavy atom. The highest BCUT2D eigenvalue weighted by Gasteiger charge is 2.04. The smallest absolute Gasteiger partial charge is 0.0625 e. The lowest BCUT2D eigenvalue weighted by atomic mass is 10.2. The summed E-state index contributed by atoms with van der Waals surface area (Å²) >= 11 is 3.39. The fourth-order valence-corrected chi connectivity index (χ4v) is 1.42. The molecule has 1 heterocycles. The zero-order valence-corrected chi connectivity index (χ0v) is 8.77. The number of rotatable bonds is 2. The van der Waals surface area contributed by atoms with Gasteiger partial charge in [-0.05, 0) is 26.3 Å². The molecule has 0 unspecified atom stereocenters. The zero-order valence-electron chi connectivity index (χ0n) is 7.19. The first-order valence-corrected chi connectivity index (χ1v) is 4.85. The SMILES string of the molecule is Cc1nn(CCBr)c(C)c1C. The maximum atomic E-state index is 4.39. The second-order valence-electron chi connectivity index (χ2n) is 2.71. The van der Waals surface area contributed by atoms with E-state index in [1.165, 1.54) is 11.3 Å². The maximum absolute atomic E-state index is 4.39. The van der Waals surface area contributed by atoms with Crippen LogP contribution < -0.4 is 0 Å². The normalized spacial score (nSPS) is 10.5. The summed E-state index contributed by atoms with van der Waals surface area (Å²) in [7, 11) is 0. The third kappa shape index (κ3) is 1.64. The van der Waals surface area contributed by atoms with Gasteiger partial charge in [-0.3, -0.25) is 4.68 Å². The Kier molecular flexibility index (Phi) is 2.71. The van der Waals surface area contributed by atoms with Crippen molar-refractivity contribution in [2.24, 2.45) is 0 Å². The van der Waals surface area contributed by atoms with Crippen LogP contribution in [-0.4, -0.2) is 15.1 Å². The Morgan fingerprint density at radius 1 is 1.36 bits per heavy atom. The summed E-state index contributed by atoms with van der Waals surface area (Å²) in [6.45, 7) is 7.23. The Balaban J connectivity index is 2.98. The van der Waals surface area contributed by atoms with Crippen molar-refractivity contribution in [3.63, 3.8) is 0 Å². The van der Waals surface area contributed by atoms with Crippen molar-refractivity contribution in [3.05, 3.63) is 17.0 Å². The molecule has 62 valence electrons. The Labute approximate surface area is 75.7 Å². The number of alkyl halides is 1. The molecular weight excluding hydrogens is 204 g/mol. The largest absolute Gasteiger partial charge is 0.269 e. The summed E-state index contributed by atoms with van der Waals surface area (Å²) in [5.74, 6) is 0. The van der Waals surface area contributed by atoms with Crippen LogP contribution in [0.15, 0.2) is 0 Å². The third-order valence-corrected chi connectivity index (χ3v) is 2.39. The van der Waals surface area contributed by atoms with E-state index in [2.05, 4.69) is 34.9 Å². The van der Waals surface area contributed by atoms with E-state index >= 15 is 0 Å². The Hall–Kier alpha value is -0.310. The first-order valence-electron chi connectivity index (χ1n) is 3.73. The highest BCUT2D eigenvalue weighted by atomic mass is 79.9. The van der Waals surface area contributed by atoms with E-state index < -0.39 is 0 Å². The Morgan fingerprint density at radius 2 is 2.00 bits per heavy atom. The van der Waals surface area contributed by atoms with Gasteiger partial charge in [0.2, 0.25) is 0 Å². The van der Waals surface area contributed by atoms with Gasteiger partial charge >= 0.3 is 0 Å². The lowest BCUT2D eigenvalue weighted by Gasteiger charge is -1.99. The van der Waals surface area contributed by atoms with Crippen LogP contribution in [0, 0.1) is 20.8 Å². The van der Waals surface area contributed by atoms with E-state index in [0.29, 0.717) is 0 Å². The van der Waals surface area contributed by atoms with E-state index in [9.17, 15) is 0 Å². The van der Waals surface area contributed by atoms with Gasteiger partial charge in [0.05, 0.1) is 12.2 Å². The summed E-state index contributed by atoms with van der Waals surface area (Å²) in [6, 6.07) is 0. The van der Waals surface area contributed by atoms with Crippen molar-refractivity contribution in [2.45, 2.75) is 27.3 Å². The first kappa shape index (κ1) is 8.78. The lowest BCUT2D eigenvalue weighted by Crippen LogP contribution is -2.03. The Bertz CT molecular complexity index is 253. The van der Waals surface area contributed by atoms with Crippen LogP contribution >= 0.6 is 15.9 Å². The monoisotopic (exact) mass is 216 g/mol. The van der Waals surface area contributed by atoms with Crippen LogP contribution in [-0.2, 0) is 6.54 Å². The molecule has 1 rings (SSSR count). The molecule has 1 aromatic rings. The summed E-state index contributed by atoms with van der Waals surface area (Å²) in [4.78, 5) is 0. The fourth-order valence-electron chi connectivity index (χ4n) is 1.08. The zero-order chi connectivity index (χ0) is 8.43. The molecule has 3 heteroatoms. The van der Waals surface area contributed by atoms with Crippen LogP contribution in [0.3, 0.4) is 0 Å². The second-order valence-corrected chi connectivity index (χ2v) is 3.50. The van der Waals surface area contributed by atoms with E-state index in [0.717, 1.165) is 17.6 Å². The molecule has 0 amide bonds. The molecule has 0 aromatic carbocycles. The number of aryl methyl sites for hydroxylation is 2. The van der Waals surface area contributed by atoms with Gasteiger partial charge in [-0.15, -0.1) is 0 Å². The van der Waals surface area contributed by atoms with E-state index in [1.54, 1.807) is 0 Å². The highest BCUT2D eigenvalue weighted by molar-refractivity contribution is 9.09. The minimum atomic E-state index is 0.959. The van der Waals surface area contributed by atoms with E-state index in [1.807, 2.05) is 11.6 Å². The minimum absolute atomic E-state index is 0.959. The highest BCUT2D eigenvalue weighted by Crippen LogP contribution is 2.10. The molecule has 0 aliphatic carbocycles. The van der Waals surface area contributed by atoms with Gasteiger partial charge in [-0.1, -0.05) is 15.9 Å². The van der Waals surface area contributed by atoms with Crippen molar-refractivity contribution in [1.82, 2.24) is 9.78 Å². The molecule has 0 spiro atoms. The topological polar surface area (TPSA) is 17.8 Å². The van der Waals surface area contributed by atoms with Crippen molar-refractivity contribution < 1.29 is 0 Å². The summed E-state index contributed by atoms with van der Waals surface area (Å²) in [5, 5.41) is 5.35. The molecule has 2 nitrogen and oxygen atoms in total. The standard InChI is InChI=1S/C8H13BrN2/c1-6-7(2)10-11(5-4-9)8(6)3/h4-5H2,1-3H3. The maximum Gasteiger partial charge on any atom is 0.0625 e. The predicted octanol–water partition coefficient (Wildman–Crippen LogP) is 2.20. The molecule has 0 fully saturated rings. The van der Waals surface area contributed by atoms with Crippen LogP contribution in [0.25, 0.3) is 0 Å². The van der Waals surface area contributed by atoms with Crippen molar-refractivity contribution in [2.75, 3.05) is 5.33 Å². The number of halogens is 1. The number of hydrogen-bond donors (Lipinski definition) is 0. The van der Waals surface area contributed by atoms with Gasteiger partial charge in [-0.2, -0.15) is 5.10 Å². The molecule has 11 heavy (non-hydrogen) atoms. The number of nitrogens with zero attached hydrogens (tertiary/aromatic N) is 2. The van der Waals surface area contributed by atoms with Crippen LogP contribution in [0.5, 0.6) is 0 Å². The molecule has 0 bridgehead atoms. The van der Waals surface area contributed by atoms with Gasteiger partial charge in [0, 0.05) is 11.0 Å². The van der Waals surface area contributed by atoms with Crippen LogP contribution in [0.4, 0.5) is 0 Å². The molecule has 0 saturated heterocycles. The molecule has 0 saturated carbocycles. The van der Waals surface area contributed by atoms with Crippen molar-refractivity contribution >= 4 is 15.9 Å². The quantitative estimate of drug-likeness (QED) is 0.694. The van der Waals surface area contributed by atoms with Crippen molar-refractivity contribution in [1.29, 1.82) is 0 Å². The number of hydrogen-bond acceptors (Lipinski definition) is 1. The fraction of sp³-hybridized carbons (Fsp3) is 0.625. The third-order valence-electron chi connectivity index (χ3n) is 2.04. The average Bonchev–Trinajstić information content (AvgIpc) is 2.19. The molecular formula is C8H13BrN2. The van der Waals surface area contributed by atoms with Crippen LogP contribution in [0.2, 0.25) is 0 Å². The van der Waals surface area contributed by atoms with Gasteiger partial charge in [0.25, 0.3) is 0 Å². The molecule has 0 atom stereocenters. The van der Waals surface area contributed by atoms with Gasteiger partial charge < -0.3 is 0 Å².